The Morgan fingerprint density at radius 3 is 2.44 bits per heavy atom. The van der Waals surface area contributed by atoms with Gasteiger partial charge in [-0.15, -0.1) is 11.3 Å². The number of piperidine rings is 2. The van der Waals surface area contributed by atoms with Crippen molar-refractivity contribution < 1.29 is 9.59 Å². The summed E-state index contributed by atoms with van der Waals surface area (Å²) >= 11 is 1.49. The molecule has 1 aromatic heterocycles. The number of carbonyl (C=O) groups excluding carboxylic acids is 2. The first-order valence-corrected chi connectivity index (χ1v) is 11.0. The predicted molar refractivity (Wildman–Crippen MR) is 106 cm³/mol. The number of aromatic nitrogens is 1. The summed E-state index contributed by atoms with van der Waals surface area (Å²) in [5.74, 6) is 0.109. The summed E-state index contributed by atoms with van der Waals surface area (Å²) in [7, 11) is 0. The van der Waals surface area contributed by atoms with Crippen molar-refractivity contribution in [2.45, 2.75) is 44.6 Å². The van der Waals surface area contributed by atoms with E-state index in [-0.39, 0.29) is 5.92 Å². The van der Waals surface area contributed by atoms with Crippen LogP contribution in [0.3, 0.4) is 0 Å². The highest BCUT2D eigenvalue weighted by Gasteiger charge is 2.34. The van der Waals surface area contributed by atoms with Crippen LogP contribution in [0, 0.1) is 5.92 Å². The molecule has 0 unspecified atom stereocenters. The fraction of sp³-hybridized carbons (Fsp3) is 0.737. The summed E-state index contributed by atoms with van der Waals surface area (Å²) in [6.45, 7) is 5.82. The third-order valence-corrected chi connectivity index (χ3v) is 7.12. The Morgan fingerprint density at radius 2 is 1.78 bits per heavy atom. The summed E-state index contributed by atoms with van der Waals surface area (Å²) in [6, 6.07) is 0.547. The number of amides is 2. The van der Waals surface area contributed by atoms with E-state index in [0.29, 0.717) is 17.6 Å². The second-order valence-electron chi connectivity index (χ2n) is 7.96. The molecule has 27 heavy (non-hydrogen) atoms. The summed E-state index contributed by atoms with van der Waals surface area (Å²) in [6.07, 6.45) is 6.65. The van der Waals surface area contributed by atoms with Gasteiger partial charge in [0.2, 0.25) is 5.91 Å². The highest BCUT2D eigenvalue weighted by atomic mass is 32.1. The quantitative estimate of drug-likeness (QED) is 0.842. The largest absolute Gasteiger partial charge is 0.364 e. The van der Waals surface area contributed by atoms with E-state index in [1.165, 1.54) is 11.3 Å². The van der Waals surface area contributed by atoms with Gasteiger partial charge in [-0.2, -0.15) is 0 Å². The monoisotopic (exact) mass is 391 g/mol. The van der Waals surface area contributed by atoms with Crippen LogP contribution in [0.2, 0.25) is 0 Å². The Kier molecular flexibility index (Phi) is 5.63. The van der Waals surface area contributed by atoms with Crippen LogP contribution in [0.5, 0.6) is 0 Å². The molecule has 0 radical (unpaired) electrons. The van der Waals surface area contributed by atoms with Crippen molar-refractivity contribution in [2.75, 3.05) is 44.2 Å². The van der Waals surface area contributed by atoms with E-state index in [0.717, 1.165) is 82.9 Å². The number of thiazole rings is 1. The minimum atomic E-state index is -0.464. The average Bonchev–Trinajstić information content (AvgIpc) is 3.40. The number of primary amides is 1. The topological polar surface area (TPSA) is 82.8 Å². The lowest BCUT2D eigenvalue weighted by Gasteiger charge is -2.42. The Labute approximate surface area is 164 Å². The molecular weight excluding hydrogens is 362 g/mol. The second-order valence-corrected chi connectivity index (χ2v) is 8.80. The number of carbonyl (C=O) groups is 2. The second kappa shape index (κ2) is 8.14. The number of nitrogens with zero attached hydrogens (tertiary/aromatic N) is 4. The van der Waals surface area contributed by atoms with Gasteiger partial charge in [0.25, 0.3) is 5.91 Å². The zero-order chi connectivity index (χ0) is 18.8. The molecule has 2 amide bonds. The highest BCUT2D eigenvalue weighted by Crippen LogP contribution is 2.29. The van der Waals surface area contributed by atoms with E-state index in [1.807, 2.05) is 0 Å². The third-order valence-electron chi connectivity index (χ3n) is 6.22. The fourth-order valence-corrected chi connectivity index (χ4v) is 5.55. The maximum atomic E-state index is 12.8. The summed E-state index contributed by atoms with van der Waals surface area (Å²) in [4.78, 5) is 35.3. The number of anilines is 1. The van der Waals surface area contributed by atoms with Crippen molar-refractivity contribution in [2.24, 2.45) is 11.7 Å². The van der Waals surface area contributed by atoms with Gasteiger partial charge in [-0.3, -0.25) is 14.5 Å². The summed E-state index contributed by atoms with van der Waals surface area (Å²) in [5.41, 5.74) is 5.67. The molecule has 4 heterocycles. The van der Waals surface area contributed by atoms with E-state index in [4.69, 9.17) is 5.73 Å². The molecule has 4 rings (SSSR count). The smallest absolute Gasteiger partial charge is 0.268 e. The van der Waals surface area contributed by atoms with Gasteiger partial charge in [-0.1, -0.05) is 0 Å². The standard InChI is InChI=1S/C19H29N5O2S/c20-17(25)16-13-27-19(21-16)23-10-5-15(6-11-23)24-9-3-4-14(12-24)18(26)22-7-1-2-8-22/h13-15H,1-12H2,(H2,20,25)/t14-/m0/s1. The van der Waals surface area contributed by atoms with Crippen LogP contribution in [0.25, 0.3) is 0 Å². The van der Waals surface area contributed by atoms with Crippen LogP contribution in [0.1, 0.15) is 49.0 Å². The number of likely N-dealkylation sites (tertiary alicyclic amines) is 2. The molecule has 1 aromatic rings. The molecule has 3 aliphatic heterocycles. The fourth-order valence-electron chi connectivity index (χ4n) is 4.68. The first kappa shape index (κ1) is 18.7. The molecule has 0 aliphatic carbocycles. The maximum Gasteiger partial charge on any atom is 0.268 e. The first-order valence-electron chi connectivity index (χ1n) is 10.1. The molecule has 0 aromatic carbocycles. The molecule has 148 valence electrons. The molecule has 0 saturated carbocycles. The van der Waals surface area contributed by atoms with Crippen molar-refractivity contribution in [3.63, 3.8) is 0 Å². The summed E-state index contributed by atoms with van der Waals surface area (Å²) < 4.78 is 0. The maximum absolute atomic E-state index is 12.8. The molecule has 3 aliphatic rings. The van der Waals surface area contributed by atoms with Crippen LogP contribution in [-0.4, -0.2) is 71.9 Å². The molecular formula is C19H29N5O2S. The number of nitrogens with two attached hydrogens (primary N) is 1. The van der Waals surface area contributed by atoms with E-state index in [1.54, 1.807) is 5.38 Å². The molecule has 0 bridgehead atoms. The summed E-state index contributed by atoms with van der Waals surface area (Å²) in [5, 5.41) is 2.63. The highest BCUT2D eigenvalue weighted by molar-refractivity contribution is 7.13. The van der Waals surface area contributed by atoms with Crippen molar-refractivity contribution in [3.05, 3.63) is 11.1 Å². The number of rotatable bonds is 4. The van der Waals surface area contributed by atoms with Gasteiger partial charge in [-0.05, 0) is 45.1 Å². The number of hydrogen-bond acceptors (Lipinski definition) is 6. The lowest BCUT2D eigenvalue weighted by atomic mass is 9.93. The molecule has 7 nitrogen and oxygen atoms in total. The molecule has 3 fully saturated rings. The van der Waals surface area contributed by atoms with Crippen LogP contribution in [0.15, 0.2) is 5.38 Å². The SMILES string of the molecule is NC(=O)c1csc(N2CCC(N3CCC[C@H](C(=O)N4CCCC4)C3)CC2)n1. The first-order chi connectivity index (χ1) is 13.1. The number of hydrogen-bond donors (Lipinski definition) is 1. The van der Waals surface area contributed by atoms with Gasteiger partial charge in [0.15, 0.2) is 5.13 Å². The van der Waals surface area contributed by atoms with Crippen molar-refractivity contribution in [3.8, 4) is 0 Å². The normalized spacial score (nSPS) is 25.1. The van der Waals surface area contributed by atoms with Crippen LogP contribution < -0.4 is 10.6 Å². The van der Waals surface area contributed by atoms with Gasteiger partial charge in [-0.25, -0.2) is 4.98 Å². The van der Waals surface area contributed by atoms with Crippen LogP contribution in [-0.2, 0) is 4.79 Å². The molecule has 3 saturated heterocycles. The van der Waals surface area contributed by atoms with Gasteiger partial charge in [0.05, 0.1) is 5.92 Å². The minimum Gasteiger partial charge on any atom is -0.364 e. The zero-order valence-electron chi connectivity index (χ0n) is 15.8. The Morgan fingerprint density at radius 1 is 1.04 bits per heavy atom. The zero-order valence-corrected chi connectivity index (χ0v) is 16.6. The van der Waals surface area contributed by atoms with Crippen LogP contribution >= 0.6 is 11.3 Å². The predicted octanol–water partition coefficient (Wildman–Crippen LogP) is 1.55. The molecule has 8 heteroatoms. The van der Waals surface area contributed by atoms with E-state index in [2.05, 4.69) is 19.7 Å². The molecule has 1 atom stereocenters. The Balaban J connectivity index is 1.30. The minimum absolute atomic E-state index is 0.187. The lowest BCUT2D eigenvalue weighted by molar-refractivity contribution is -0.136. The van der Waals surface area contributed by atoms with Gasteiger partial charge >= 0.3 is 0 Å². The Hall–Kier alpha value is -1.67. The molecule has 2 N–H and O–H groups in total. The molecule has 0 spiro atoms. The van der Waals surface area contributed by atoms with E-state index in [9.17, 15) is 9.59 Å². The third kappa shape index (κ3) is 4.11. The van der Waals surface area contributed by atoms with Crippen LogP contribution in [0.4, 0.5) is 5.13 Å². The van der Waals surface area contributed by atoms with Crippen molar-refractivity contribution in [1.29, 1.82) is 0 Å². The van der Waals surface area contributed by atoms with Crippen molar-refractivity contribution >= 4 is 28.3 Å². The lowest BCUT2D eigenvalue weighted by Crippen LogP contribution is -2.51. The van der Waals surface area contributed by atoms with E-state index < -0.39 is 5.91 Å². The Bertz CT molecular complexity index is 679. The van der Waals surface area contributed by atoms with E-state index >= 15 is 0 Å². The van der Waals surface area contributed by atoms with Gasteiger partial charge < -0.3 is 15.5 Å². The van der Waals surface area contributed by atoms with Gasteiger partial charge in [0.1, 0.15) is 5.69 Å². The van der Waals surface area contributed by atoms with Crippen molar-refractivity contribution in [1.82, 2.24) is 14.8 Å². The average molecular weight is 392 g/mol. The van der Waals surface area contributed by atoms with Gasteiger partial charge in [0, 0.05) is 44.1 Å².